The van der Waals surface area contributed by atoms with Crippen LogP contribution in [0.2, 0.25) is 0 Å². The lowest BCUT2D eigenvalue weighted by molar-refractivity contribution is 0.0988. The number of carbonyl (C=O) groups is 1. The van der Waals surface area contributed by atoms with E-state index in [1.54, 1.807) is 18.2 Å². The van der Waals surface area contributed by atoms with Gasteiger partial charge in [-0.05, 0) is 37.3 Å². The van der Waals surface area contributed by atoms with Gasteiger partial charge in [0.15, 0.2) is 0 Å². The summed E-state index contributed by atoms with van der Waals surface area (Å²) in [4.78, 5) is 14.8. The summed E-state index contributed by atoms with van der Waals surface area (Å²) in [5.74, 6) is -1.17. The molecule has 0 aliphatic carbocycles. The number of nitrogens with zero attached hydrogens (tertiary/aromatic N) is 2. The van der Waals surface area contributed by atoms with Gasteiger partial charge in [0.2, 0.25) is 0 Å². The number of halogens is 2. The van der Waals surface area contributed by atoms with Crippen LogP contribution in [0.5, 0.6) is 0 Å². The molecule has 5 rings (SSSR count). The molecule has 0 fully saturated rings. The molecule has 1 aromatic heterocycles. The number of hydrogen-bond acceptors (Lipinski definition) is 2. The summed E-state index contributed by atoms with van der Waals surface area (Å²) in [7, 11) is 0. The predicted molar refractivity (Wildman–Crippen MR) is 110 cm³/mol. The maximum absolute atomic E-state index is 14.9. The topological polar surface area (TPSA) is 49.0 Å². The minimum absolute atomic E-state index is 0.308. The van der Waals surface area contributed by atoms with E-state index in [4.69, 9.17) is 0 Å². The molecule has 2 heterocycles. The largest absolute Gasteiger partial charge is 0.295 e. The van der Waals surface area contributed by atoms with E-state index in [9.17, 15) is 13.6 Å². The zero-order chi connectivity index (χ0) is 20.8. The first kappa shape index (κ1) is 18.2. The third kappa shape index (κ3) is 2.80. The summed E-state index contributed by atoms with van der Waals surface area (Å²) in [6.45, 7) is 1.99. The first-order valence-electron chi connectivity index (χ1n) is 9.53. The van der Waals surface area contributed by atoms with Crippen LogP contribution in [-0.4, -0.2) is 16.1 Å². The van der Waals surface area contributed by atoms with Crippen LogP contribution in [0.1, 0.15) is 33.2 Å². The lowest BCUT2D eigenvalue weighted by Gasteiger charge is -2.26. The van der Waals surface area contributed by atoms with Gasteiger partial charge < -0.3 is 0 Å². The number of amides is 1. The average Bonchev–Trinajstić information content (AvgIpc) is 3.29. The van der Waals surface area contributed by atoms with Crippen molar-refractivity contribution in [3.05, 3.63) is 107 Å². The average molecular weight is 401 g/mol. The van der Waals surface area contributed by atoms with Crippen molar-refractivity contribution in [3.8, 4) is 11.3 Å². The van der Waals surface area contributed by atoms with Crippen LogP contribution in [0.3, 0.4) is 0 Å². The van der Waals surface area contributed by atoms with E-state index in [-0.39, 0.29) is 5.91 Å². The molecule has 6 heteroatoms. The van der Waals surface area contributed by atoms with Gasteiger partial charge in [-0.25, -0.2) is 8.78 Å². The van der Waals surface area contributed by atoms with Gasteiger partial charge >= 0.3 is 0 Å². The second-order valence-corrected chi connectivity index (χ2v) is 7.30. The van der Waals surface area contributed by atoms with Gasteiger partial charge in [0, 0.05) is 22.4 Å². The molecule has 1 atom stereocenters. The number of aromatic nitrogens is 2. The lowest BCUT2D eigenvalue weighted by Crippen LogP contribution is -2.29. The molecule has 148 valence electrons. The fourth-order valence-electron chi connectivity index (χ4n) is 3.94. The number of aryl methyl sites for hydroxylation is 1. The summed E-state index contributed by atoms with van der Waals surface area (Å²) in [6.07, 6.45) is 0. The van der Waals surface area contributed by atoms with E-state index in [0.29, 0.717) is 28.2 Å². The molecule has 1 aliphatic rings. The molecule has 1 amide bonds. The summed E-state index contributed by atoms with van der Waals surface area (Å²) < 4.78 is 28.4. The molecule has 0 spiro atoms. The molecule has 0 saturated carbocycles. The van der Waals surface area contributed by atoms with Crippen LogP contribution < -0.4 is 4.90 Å². The number of anilines is 1. The Morgan fingerprint density at radius 3 is 2.33 bits per heavy atom. The maximum Gasteiger partial charge on any atom is 0.277 e. The SMILES string of the molecule is Cc1ccc(-c2n[nH]c3c2[C@@H](c2ccccc2F)N(c2ccc(F)cc2)C3=O)cc1. The molecular weight excluding hydrogens is 384 g/mol. The quantitative estimate of drug-likeness (QED) is 0.499. The van der Waals surface area contributed by atoms with Crippen LogP contribution >= 0.6 is 0 Å². The van der Waals surface area contributed by atoms with Gasteiger partial charge in [0.05, 0.1) is 11.7 Å². The first-order chi connectivity index (χ1) is 14.5. The summed E-state index contributed by atoms with van der Waals surface area (Å²) in [6, 6.07) is 19.0. The van der Waals surface area contributed by atoms with E-state index in [0.717, 1.165) is 11.1 Å². The van der Waals surface area contributed by atoms with E-state index in [2.05, 4.69) is 10.2 Å². The van der Waals surface area contributed by atoms with Crippen molar-refractivity contribution in [1.29, 1.82) is 0 Å². The van der Waals surface area contributed by atoms with Crippen LogP contribution in [0, 0.1) is 18.6 Å². The molecule has 4 nitrogen and oxygen atoms in total. The third-order valence-electron chi connectivity index (χ3n) is 5.40. The summed E-state index contributed by atoms with van der Waals surface area (Å²) >= 11 is 0. The molecule has 30 heavy (non-hydrogen) atoms. The number of fused-ring (bicyclic) bond motifs is 1. The molecule has 0 saturated heterocycles. The monoisotopic (exact) mass is 401 g/mol. The van der Waals surface area contributed by atoms with E-state index in [1.165, 1.54) is 35.2 Å². The molecule has 0 radical (unpaired) electrons. The fraction of sp³-hybridized carbons (Fsp3) is 0.0833. The van der Waals surface area contributed by atoms with Crippen LogP contribution in [0.25, 0.3) is 11.3 Å². The van der Waals surface area contributed by atoms with Crippen molar-refractivity contribution in [2.75, 3.05) is 4.90 Å². The Labute approximate surface area is 171 Å². The van der Waals surface area contributed by atoms with Crippen molar-refractivity contribution >= 4 is 11.6 Å². The smallest absolute Gasteiger partial charge is 0.277 e. The van der Waals surface area contributed by atoms with Gasteiger partial charge in [0.25, 0.3) is 5.91 Å². The molecule has 3 aromatic carbocycles. The van der Waals surface area contributed by atoms with E-state index in [1.807, 2.05) is 31.2 Å². The highest BCUT2D eigenvalue weighted by Gasteiger charge is 2.44. The Balaban J connectivity index is 1.74. The Hall–Kier alpha value is -3.80. The number of hydrogen-bond donors (Lipinski definition) is 1. The third-order valence-corrected chi connectivity index (χ3v) is 5.40. The number of carbonyl (C=O) groups excluding carboxylic acids is 1. The van der Waals surface area contributed by atoms with Crippen LogP contribution in [-0.2, 0) is 0 Å². The highest BCUT2D eigenvalue weighted by atomic mass is 19.1. The highest BCUT2D eigenvalue weighted by molar-refractivity contribution is 6.11. The Kier molecular flexibility index (Phi) is 4.20. The predicted octanol–water partition coefficient (Wildman–Crippen LogP) is 5.41. The summed E-state index contributed by atoms with van der Waals surface area (Å²) in [5, 5.41) is 7.22. The zero-order valence-corrected chi connectivity index (χ0v) is 16.1. The van der Waals surface area contributed by atoms with Crippen molar-refractivity contribution < 1.29 is 13.6 Å². The van der Waals surface area contributed by atoms with Gasteiger partial charge in [-0.15, -0.1) is 0 Å². The van der Waals surface area contributed by atoms with Crippen LogP contribution in [0.15, 0.2) is 72.8 Å². The second kappa shape index (κ2) is 6.91. The zero-order valence-electron chi connectivity index (χ0n) is 16.1. The number of benzene rings is 3. The first-order valence-corrected chi connectivity index (χ1v) is 9.53. The normalized spacial score (nSPS) is 15.5. The minimum atomic E-state index is -0.728. The highest BCUT2D eigenvalue weighted by Crippen LogP contribution is 2.45. The minimum Gasteiger partial charge on any atom is -0.295 e. The van der Waals surface area contributed by atoms with Gasteiger partial charge in [-0.1, -0.05) is 48.0 Å². The number of H-pyrrole nitrogens is 1. The molecule has 1 N–H and O–H groups in total. The van der Waals surface area contributed by atoms with Crippen molar-refractivity contribution in [3.63, 3.8) is 0 Å². The molecular formula is C24H17F2N3O. The second-order valence-electron chi connectivity index (χ2n) is 7.30. The van der Waals surface area contributed by atoms with Crippen LogP contribution in [0.4, 0.5) is 14.5 Å². The number of rotatable bonds is 3. The lowest BCUT2D eigenvalue weighted by atomic mass is 9.95. The molecule has 4 aromatic rings. The van der Waals surface area contributed by atoms with E-state index < -0.39 is 17.7 Å². The Morgan fingerprint density at radius 1 is 0.933 bits per heavy atom. The Bertz CT molecular complexity index is 1250. The van der Waals surface area contributed by atoms with Gasteiger partial charge in [-0.3, -0.25) is 14.8 Å². The number of nitrogens with one attached hydrogen (secondary N) is 1. The maximum atomic E-state index is 14.9. The standard InChI is InChI=1S/C24H17F2N3O/c1-14-6-8-15(9-7-14)21-20-22(28-27-21)24(30)29(17-12-10-16(25)11-13-17)23(20)18-4-2-3-5-19(18)26/h2-13,23H,1H3,(H,27,28)/t23-/m1/s1. The van der Waals surface area contributed by atoms with Crippen molar-refractivity contribution in [2.24, 2.45) is 0 Å². The number of aromatic amines is 1. The Morgan fingerprint density at radius 2 is 1.63 bits per heavy atom. The molecule has 0 bridgehead atoms. The van der Waals surface area contributed by atoms with Gasteiger partial charge in [0.1, 0.15) is 17.3 Å². The van der Waals surface area contributed by atoms with E-state index >= 15 is 0 Å². The molecule has 0 unspecified atom stereocenters. The summed E-state index contributed by atoms with van der Waals surface area (Å²) in [5.41, 5.74) is 4.27. The van der Waals surface area contributed by atoms with Gasteiger partial charge in [-0.2, -0.15) is 5.10 Å². The van der Waals surface area contributed by atoms with Crippen molar-refractivity contribution in [2.45, 2.75) is 13.0 Å². The van der Waals surface area contributed by atoms with Crippen molar-refractivity contribution in [1.82, 2.24) is 10.2 Å². The fourth-order valence-corrected chi connectivity index (χ4v) is 3.94. The molecule has 1 aliphatic heterocycles.